The van der Waals surface area contributed by atoms with E-state index in [1.54, 1.807) is 6.07 Å². The smallest absolute Gasteiger partial charge is 0.255 e. The van der Waals surface area contributed by atoms with Crippen molar-refractivity contribution in [3.8, 4) is 11.6 Å². The second-order valence-electron chi connectivity index (χ2n) is 7.91. The molecule has 0 saturated carbocycles. The predicted molar refractivity (Wildman–Crippen MR) is 121 cm³/mol. The fourth-order valence-corrected chi connectivity index (χ4v) is 3.89. The third-order valence-electron chi connectivity index (χ3n) is 5.17. The monoisotopic (exact) mass is 436 g/mol. The van der Waals surface area contributed by atoms with Crippen molar-refractivity contribution in [2.75, 3.05) is 6.61 Å². The molecule has 0 aliphatic carbocycles. The molecule has 2 heterocycles. The van der Waals surface area contributed by atoms with E-state index in [1.165, 1.54) is 0 Å². The standard InChI is InChI=1S/C25H25ClN2O3/c1-16(2)31-21-11-8-18(9-12-21)23(15-30-24-6-4-5-17(3)27-24)28-14-19-7-10-20(26)13-22(19)25(28)29/h4-13,16,23H,14-15H2,1-3H3. The van der Waals surface area contributed by atoms with Gasteiger partial charge in [-0.05, 0) is 62.2 Å². The minimum Gasteiger partial charge on any atom is -0.491 e. The van der Waals surface area contributed by atoms with E-state index in [0.29, 0.717) is 23.0 Å². The number of fused-ring (bicyclic) bond motifs is 1. The summed E-state index contributed by atoms with van der Waals surface area (Å²) in [5.41, 5.74) is 3.46. The summed E-state index contributed by atoms with van der Waals surface area (Å²) in [6, 6.07) is 18.7. The molecule has 3 aromatic rings. The molecule has 0 N–H and O–H groups in total. The first-order chi connectivity index (χ1) is 14.9. The van der Waals surface area contributed by atoms with Crippen molar-refractivity contribution in [1.82, 2.24) is 9.88 Å². The number of benzene rings is 2. The highest BCUT2D eigenvalue weighted by atomic mass is 35.5. The molecule has 160 valence electrons. The van der Waals surface area contributed by atoms with Crippen molar-refractivity contribution >= 4 is 17.5 Å². The van der Waals surface area contributed by atoms with Crippen LogP contribution in [0.1, 0.15) is 47.1 Å². The van der Waals surface area contributed by atoms with Gasteiger partial charge in [-0.1, -0.05) is 35.9 Å². The Labute approximate surface area is 187 Å². The lowest BCUT2D eigenvalue weighted by Crippen LogP contribution is -2.33. The van der Waals surface area contributed by atoms with Crippen LogP contribution in [-0.2, 0) is 6.54 Å². The van der Waals surface area contributed by atoms with Crippen LogP contribution in [0, 0.1) is 6.92 Å². The number of hydrogen-bond acceptors (Lipinski definition) is 4. The predicted octanol–water partition coefficient (Wildman–Crippen LogP) is 5.61. The highest BCUT2D eigenvalue weighted by molar-refractivity contribution is 6.31. The highest BCUT2D eigenvalue weighted by Gasteiger charge is 2.34. The van der Waals surface area contributed by atoms with E-state index in [0.717, 1.165) is 22.6 Å². The molecule has 5 nitrogen and oxygen atoms in total. The molecule has 1 aliphatic rings. The number of carbonyl (C=O) groups excluding carboxylic acids is 1. The molecule has 2 aromatic carbocycles. The van der Waals surface area contributed by atoms with Crippen LogP contribution in [0.5, 0.6) is 11.6 Å². The molecular formula is C25H25ClN2O3. The fourth-order valence-electron chi connectivity index (χ4n) is 3.72. The Kier molecular flexibility index (Phi) is 6.14. The molecule has 4 rings (SSSR count). The van der Waals surface area contributed by atoms with Crippen molar-refractivity contribution in [3.05, 3.63) is 88.1 Å². The van der Waals surface area contributed by atoms with Gasteiger partial charge in [-0.2, -0.15) is 0 Å². The zero-order chi connectivity index (χ0) is 22.0. The van der Waals surface area contributed by atoms with E-state index in [-0.39, 0.29) is 24.7 Å². The summed E-state index contributed by atoms with van der Waals surface area (Å²) in [4.78, 5) is 19.5. The van der Waals surface area contributed by atoms with Crippen LogP contribution in [0.4, 0.5) is 0 Å². The van der Waals surface area contributed by atoms with Crippen LogP contribution in [0.15, 0.2) is 60.7 Å². The topological polar surface area (TPSA) is 51.7 Å². The fraction of sp³-hybridized carbons (Fsp3) is 0.280. The maximum Gasteiger partial charge on any atom is 0.255 e. The molecule has 6 heteroatoms. The van der Waals surface area contributed by atoms with Gasteiger partial charge in [0.05, 0.1) is 12.1 Å². The van der Waals surface area contributed by atoms with Crippen LogP contribution in [0.25, 0.3) is 0 Å². The van der Waals surface area contributed by atoms with E-state index in [4.69, 9.17) is 21.1 Å². The number of carbonyl (C=O) groups is 1. The zero-order valence-corrected chi connectivity index (χ0v) is 18.6. The Morgan fingerprint density at radius 1 is 1.10 bits per heavy atom. The molecule has 1 unspecified atom stereocenters. The van der Waals surface area contributed by atoms with E-state index >= 15 is 0 Å². The van der Waals surface area contributed by atoms with Gasteiger partial charge in [0.25, 0.3) is 5.91 Å². The molecule has 0 bridgehead atoms. The Hall–Kier alpha value is -3.05. The second-order valence-corrected chi connectivity index (χ2v) is 8.35. The first kappa shape index (κ1) is 21.2. The first-order valence-electron chi connectivity index (χ1n) is 10.3. The molecule has 31 heavy (non-hydrogen) atoms. The van der Waals surface area contributed by atoms with E-state index in [1.807, 2.05) is 80.3 Å². The average Bonchev–Trinajstić information content (AvgIpc) is 3.05. The Balaban J connectivity index is 1.62. The Bertz CT molecular complexity index is 1080. The normalized spacial score (nSPS) is 14.0. The third-order valence-corrected chi connectivity index (χ3v) is 5.40. The van der Waals surface area contributed by atoms with Crippen molar-refractivity contribution < 1.29 is 14.3 Å². The summed E-state index contributed by atoms with van der Waals surface area (Å²) in [6.07, 6.45) is 0.0942. The second kappa shape index (κ2) is 8.98. The van der Waals surface area contributed by atoms with Gasteiger partial charge in [-0.3, -0.25) is 4.79 Å². The molecule has 1 amide bonds. The minimum atomic E-state index is -0.283. The zero-order valence-electron chi connectivity index (χ0n) is 17.8. The lowest BCUT2D eigenvalue weighted by Gasteiger charge is -2.28. The third kappa shape index (κ3) is 4.83. The molecule has 0 radical (unpaired) electrons. The average molecular weight is 437 g/mol. The van der Waals surface area contributed by atoms with Gasteiger partial charge in [0.15, 0.2) is 0 Å². The highest BCUT2D eigenvalue weighted by Crippen LogP contribution is 2.34. The Morgan fingerprint density at radius 3 is 2.58 bits per heavy atom. The lowest BCUT2D eigenvalue weighted by atomic mass is 10.1. The van der Waals surface area contributed by atoms with Crippen molar-refractivity contribution in [3.63, 3.8) is 0 Å². The van der Waals surface area contributed by atoms with Gasteiger partial charge in [0.1, 0.15) is 12.4 Å². The van der Waals surface area contributed by atoms with Gasteiger partial charge >= 0.3 is 0 Å². The van der Waals surface area contributed by atoms with E-state index < -0.39 is 0 Å². The van der Waals surface area contributed by atoms with Crippen LogP contribution in [0.2, 0.25) is 5.02 Å². The number of aryl methyl sites for hydroxylation is 1. The van der Waals surface area contributed by atoms with Gasteiger partial charge in [-0.25, -0.2) is 4.98 Å². The van der Waals surface area contributed by atoms with Gasteiger partial charge in [-0.15, -0.1) is 0 Å². The number of rotatable bonds is 7. The van der Waals surface area contributed by atoms with E-state index in [9.17, 15) is 4.79 Å². The van der Waals surface area contributed by atoms with Crippen molar-refractivity contribution in [2.24, 2.45) is 0 Å². The lowest BCUT2D eigenvalue weighted by molar-refractivity contribution is 0.0632. The van der Waals surface area contributed by atoms with Crippen molar-refractivity contribution in [2.45, 2.75) is 39.5 Å². The maximum absolute atomic E-state index is 13.2. The minimum absolute atomic E-state index is 0.0502. The van der Waals surface area contributed by atoms with Gasteiger partial charge < -0.3 is 14.4 Å². The van der Waals surface area contributed by atoms with Gasteiger partial charge in [0.2, 0.25) is 5.88 Å². The van der Waals surface area contributed by atoms with Crippen LogP contribution >= 0.6 is 11.6 Å². The molecule has 0 saturated heterocycles. The molecule has 0 spiro atoms. The molecule has 1 atom stereocenters. The van der Waals surface area contributed by atoms with Crippen LogP contribution in [0.3, 0.4) is 0 Å². The first-order valence-corrected chi connectivity index (χ1v) is 10.7. The number of pyridine rings is 1. The molecule has 1 aromatic heterocycles. The van der Waals surface area contributed by atoms with Gasteiger partial charge in [0, 0.05) is 28.9 Å². The van der Waals surface area contributed by atoms with Crippen molar-refractivity contribution in [1.29, 1.82) is 0 Å². The number of ether oxygens (including phenoxy) is 2. The number of hydrogen-bond donors (Lipinski definition) is 0. The Morgan fingerprint density at radius 2 is 1.87 bits per heavy atom. The summed E-state index contributed by atoms with van der Waals surface area (Å²) in [6.45, 7) is 6.69. The summed E-state index contributed by atoms with van der Waals surface area (Å²) in [5, 5.41) is 0.556. The molecule has 0 fully saturated rings. The number of nitrogens with zero attached hydrogens (tertiary/aromatic N) is 2. The number of amides is 1. The largest absolute Gasteiger partial charge is 0.491 e. The molecule has 1 aliphatic heterocycles. The maximum atomic E-state index is 13.2. The summed E-state index contributed by atoms with van der Waals surface area (Å²) in [5.74, 6) is 1.28. The van der Waals surface area contributed by atoms with Crippen LogP contribution < -0.4 is 9.47 Å². The summed E-state index contributed by atoms with van der Waals surface area (Å²) >= 11 is 6.13. The molecular weight excluding hydrogens is 412 g/mol. The quantitative estimate of drug-likeness (QED) is 0.483. The summed E-state index contributed by atoms with van der Waals surface area (Å²) in [7, 11) is 0. The summed E-state index contributed by atoms with van der Waals surface area (Å²) < 4.78 is 11.8. The van der Waals surface area contributed by atoms with E-state index in [2.05, 4.69) is 4.98 Å². The van der Waals surface area contributed by atoms with Crippen LogP contribution in [-0.4, -0.2) is 28.5 Å². The number of halogens is 1. The SMILES string of the molecule is Cc1cccc(OCC(c2ccc(OC(C)C)cc2)N2Cc3ccc(Cl)cc3C2=O)n1. The number of aromatic nitrogens is 1.